The highest BCUT2D eigenvalue weighted by Gasteiger charge is 2.14. The number of unbranched alkanes of at least 4 members (excludes halogenated alkanes) is 1. The molecule has 0 saturated carbocycles. The number of hydrogen-bond donors (Lipinski definition) is 0. The lowest BCUT2D eigenvalue weighted by molar-refractivity contribution is 0.0501. The number of ether oxygens (including phenoxy) is 3. The molecule has 0 aromatic heterocycles. The van der Waals surface area contributed by atoms with E-state index in [-0.39, 0.29) is 5.97 Å². The van der Waals surface area contributed by atoms with Gasteiger partial charge in [-0.15, -0.1) is 12.3 Å². The molecule has 4 heteroatoms. The first-order valence-corrected chi connectivity index (χ1v) is 6.31. The molecule has 1 aromatic rings. The number of fused-ring (bicyclic) bond motifs is 1. The first kappa shape index (κ1) is 13.3. The smallest absolute Gasteiger partial charge is 0.338 e. The van der Waals surface area contributed by atoms with Gasteiger partial charge in [0.1, 0.15) is 0 Å². The van der Waals surface area contributed by atoms with E-state index in [2.05, 4.69) is 5.92 Å². The molecule has 0 atom stereocenters. The summed E-state index contributed by atoms with van der Waals surface area (Å²) in [5.41, 5.74) is 0.463. The van der Waals surface area contributed by atoms with E-state index in [0.29, 0.717) is 49.7 Å². The fraction of sp³-hybridized carbons (Fsp3) is 0.400. The van der Waals surface area contributed by atoms with E-state index < -0.39 is 0 Å². The fourth-order valence-corrected chi connectivity index (χ4v) is 1.71. The molecule has 19 heavy (non-hydrogen) atoms. The Hall–Kier alpha value is -2.15. The van der Waals surface area contributed by atoms with E-state index in [4.69, 9.17) is 20.6 Å². The van der Waals surface area contributed by atoms with Gasteiger partial charge in [-0.05, 0) is 24.6 Å². The maximum Gasteiger partial charge on any atom is 0.338 e. The number of rotatable bonds is 4. The van der Waals surface area contributed by atoms with Gasteiger partial charge in [0, 0.05) is 12.8 Å². The maximum atomic E-state index is 11.8. The van der Waals surface area contributed by atoms with Gasteiger partial charge >= 0.3 is 5.97 Å². The van der Waals surface area contributed by atoms with Gasteiger partial charge in [-0.1, -0.05) is 0 Å². The highest BCUT2D eigenvalue weighted by atomic mass is 16.5. The number of hydrogen-bond acceptors (Lipinski definition) is 4. The summed E-state index contributed by atoms with van der Waals surface area (Å²) < 4.78 is 16.1. The Morgan fingerprint density at radius 2 is 2.11 bits per heavy atom. The van der Waals surface area contributed by atoms with E-state index in [1.165, 1.54) is 0 Å². The van der Waals surface area contributed by atoms with Gasteiger partial charge in [-0.25, -0.2) is 4.79 Å². The van der Waals surface area contributed by atoms with Crippen molar-refractivity contribution in [3.05, 3.63) is 23.8 Å². The van der Waals surface area contributed by atoms with Crippen LogP contribution in [0.1, 0.15) is 29.6 Å². The standard InChI is InChI=1S/C15H16O4/c1-2-3-4-8-19-15(16)12-6-7-13-14(11-12)18-10-5-9-17-13/h1,6-7,11H,3-5,8-10H2. The maximum absolute atomic E-state index is 11.8. The SMILES string of the molecule is C#CCCCOC(=O)c1ccc2c(c1)OCCCO2. The molecule has 1 aliphatic heterocycles. The number of terminal acetylenes is 1. The van der Waals surface area contributed by atoms with Crippen LogP contribution in [-0.4, -0.2) is 25.8 Å². The van der Waals surface area contributed by atoms with Gasteiger partial charge in [0.15, 0.2) is 11.5 Å². The zero-order valence-electron chi connectivity index (χ0n) is 10.7. The van der Waals surface area contributed by atoms with Crippen LogP contribution in [0.2, 0.25) is 0 Å². The normalized spacial score (nSPS) is 13.2. The highest BCUT2D eigenvalue weighted by Crippen LogP contribution is 2.30. The van der Waals surface area contributed by atoms with Crippen molar-refractivity contribution in [3.8, 4) is 23.8 Å². The Balaban J connectivity index is 1.99. The summed E-state index contributed by atoms with van der Waals surface area (Å²) in [7, 11) is 0. The largest absolute Gasteiger partial charge is 0.490 e. The lowest BCUT2D eigenvalue weighted by Crippen LogP contribution is -2.06. The minimum absolute atomic E-state index is 0.331. The van der Waals surface area contributed by atoms with E-state index in [1.807, 2.05) is 0 Å². The van der Waals surface area contributed by atoms with Crippen molar-refractivity contribution in [3.63, 3.8) is 0 Å². The van der Waals surface area contributed by atoms with Crippen molar-refractivity contribution in [1.82, 2.24) is 0 Å². The molecule has 0 aliphatic carbocycles. The predicted molar refractivity (Wildman–Crippen MR) is 70.4 cm³/mol. The van der Waals surface area contributed by atoms with Crippen LogP contribution in [0.4, 0.5) is 0 Å². The highest BCUT2D eigenvalue weighted by molar-refractivity contribution is 5.90. The van der Waals surface area contributed by atoms with Crippen molar-refractivity contribution >= 4 is 5.97 Å². The second-order valence-electron chi connectivity index (χ2n) is 4.16. The van der Waals surface area contributed by atoms with Crippen molar-refractivity contribution < 1.29 is 19.0 Å². The van der Waals surface area contributed by atoms with Crippen LogP contribution in [0.5, 0.6) is 11.5 Å². The molecule has 1 aliphatic rings. The minimum atomic E-state index is -0.368. The molecule has 0 unspecified atom stereocenters. The number of benzene rings is 1. The second-order valence-corrected chi connectivity index (χ2v) is 4.16. The van der Waals surface area contributed by atoms with Crippen molar-refractivity contribution in [1.29, 1.82) is 0 Å². The summed E-state index contributed by atoms with van der Waals surface area (Å²) in [6.07, 6.45) is 7.24. The summed E-state index contributed by atoms with van der Waals surface area (Å²) in [4.78, 5) is 11.8. The molecule has 0 radical (unpaired) electrons. The zero-order chi connectivity index (χ0) is 13.5. The molecule has 0 fully saturated rings. The molecule has 1 aromatic carbocycles. The van der Waals surface area contributed by atoms with Gasteiger partial charge in [0.2, 0.25) is 0 Å². The van der Waals surface area contributed by atoms with Gasteiger partial charge < -0.3 is 14.2 Å². The summed E-state index contributed by atoms with van der Waals surface area (Å²) in [5.74, 6) is 3.39. The molecule has 100 valence electrons. The third kappa shape index (κ3) is 3.65. The van der Waals surface area contributed by atoms with Crippen LogP contribution in [0, 0.1) is 12.3 Å². The van der Waals surface area contributed by atoms with Gasteiger partial charge in [-0.3, -0.25) is 0 Å². The molecular weight excluding hydrogens is 244 g/mol. The third-order valence-corrected chi connectivity index (χ3v) is 2.68. The summed E-state index contributed by atoms with van der Waals surface area (Å²) in [5, 5.41) is 0. The van der Waals surface area contributed by atoms with E-state index in [9.17, 15) is 4.79 Å². The van der Waals surface area contributed by atoms with Crippen LogP contribution in [0.25, 0.3) is 0 Å². The molecule has 2 rings (SSSR count). The fourth-order valence-electron chi connectivity index (χ4n) is 1.71. The zero-order valence-corrected chi connectivity index (χ0v) is 10.7. The quantitative estimate of drug-likeness (QED) is 0.474. The van der Waals surface area contributed by atoms with Crippen molar-refractivity contribution in [2.75, 3.05) is 19.8 Å². The number of esters is 1. The molecule has 0 N–H and O–H groups in total. The van der Waals surface area contributed by atoms with Crippen molar-refractivity contribution in [2.45, 2.75) is 19.3 Å². The Morgan fingerprint density at radius 3 is 2.89 bits per heavy atom. The average Bonchev–Trinajstić information content (AvgIpc) is 2.67. The Bertz CT molecular complexity index is 487. The molecule has 1 heterocycles. The molecule has 0 spiro atoms. The van der Waals surface area contributed by atoms with Gasteiger partial charge in [0.05, 0.1) is 25.4 Å². The summed E-state index contributed by atoms with van der Waals surface area (Å²) in [6, 6.07) is 5.07. The third-order valence-electron chi connectivity index (χ3n) is 2.68. The average molecular weight is 260 g/mol. The molecule has 0 bridgehead atoms. The second kappa shape index (κ2) is 6.69. The number of carbonyl (C=O) groups is 1. The van der Waals surface area contributed by atoms with Crippen LogP contribution >= 0.6 is 0 Å². The summed E-state index contributed by atoms with van der Waals surface area (Å²) in [6.45, 7) is 1.55. The van der Waals surface area contributed by atoms with Crippen LogP contribution in [0.15, 0.2) is 18.2 Å². The monoisotopic (exact) mass is 260 g/mol. The van der Waals surface area contributed by atoms with Crippen LogP contribution in [-0.2, 0) is 4.74 Å². The van der Waals surface area contributed by atoms with Gasteiger partial charge in [-0.2, -0.15) is 0 Å². The molecule has 0 amide bonds. The molecular formula is C15H16O4. The van der Waals surface area contributed by atoms with Crippen LogP contribution < -0.4 is 9.47 Å². The first-order valence-electron chi connectivity index (χ1n) is 6.31. The van der Waals surface area contributed by atoms with Crippen molar-refractivity contribution in [2.24, 2.45) is 0 Å². The van der Waals surface area contributed by atoms with Gasteiger partial charge in [0.25, 0.3) is 0 Å². The topological polar surface area (TPSA) is 44.8 Å². The number of carbonyl (C=O) groups excluding carboxylic acids is 1. The lowest BCUT2D eigenvalue weighted by atomic mass is 10.2. The Kier molecular flexibility index (Phi) is 4.68. The predicted octanol–water partition coefficient (Wildman–Crippen LogP) is 2.42. The minimum Gasteiger partial charge on any atom is -0.490 e. The van der Waals surface area contributed by atoms with E-state index in [1.54, 1.807) is 18.2 Å². The molecule has 0 saturated heterocycles. The first-order chi connectivity index (χ1) is 9.31. The van der Waals surface area contributed by atoms with Crippen LogP contribution in [0.3, 0.4) is 0 Å². The van der Waals surface area contributed by atoms with E-state index in [0.717, 1.165) is 6.42 Å². The Morgan fingerprint density at radius 1 is 1.32 bits per heavy atom. The molecule has 4 nitrogen and oxygen atoms in total. The lowest BCUT2D eigenvalue weighted by Gasteiger charge is -2.09. The van der Waals surface area contributed by atoms with E-state index >= 15 is 0 Å². The Labute approximate surface area is 112 Å². The summed E-state index contributed by atoms with van der Waals surface area (Å²) >= 11 is 0.